The van der Waals surface area contributed by atoms with Gasteiger partial charge in [0.1, 0.15) is 0 Å². The van der Waals surface area contributed by atoms with E-state index in [1.165, 1.54) is 12.8 Å². The third kappa shape index (κ3) is 40.2. The van der Waals surface area contributed by atoms with Crippen molar-refractivity contribution in [1.82, 2.24) is 0 Å². The quantitative estimate of drug-likeness (QED) is 0.674. The Labute approximate surface area is 73.4 Å². The lowest BCUT2D eigenvalue weighted by molar-refractivity contribution is 0.561. The lowest BCUT2D eigenvalue weighted by Gasteiger charge is -1.98. The second kappa shape index (κ2) is 22.5. The van der Waals surface area contributed by atoms with E-state index in [4.69, 9.17) is 5.73 Å². The van der Waals surface area contributed by atoms with Crippen molar-refractivity contribution in [2.24, 2.45) is 11.7 Å². The monoisotopic (exact) mass is 161 g/mol. The van der Waals surface area contributed by atoms with Crippen molar-refractivity contribution in [3.63, 3.8) is 0 Å². The molecule has 0 unspecified atom stereocenters. The highest BCUT2D eigenvalue weighted by atomic mass is 14.5. The Morgan fingerprint density at radius 2 is 1.36 bits per heavy atom. The van der Waals surface area contributed by atoms with E-state index in [9.17, 15) is 0 Å². The standard InChI is InChI=1S/C6H15N.2C2H6/c1-6(2)4-3-5-7;2*1-2/h6H,3-5,7H2,1-2H3;2*1-2H3. The van der Waals surface area contributed by atoms with Crippen LogP contribution in [0.3, 0.4) is 0 Å². The van der Waals surface area contributed by atoms with E-state index in [1.54, 1.807) is 0 Å². The molecular formula is C10H27N. The van der Waals surface area contributed by atoms with Crippen LogP contribution in [-0.4, -0.2) is 6.54 Å². The van der Waals surface area contributed by atoms with Crippen LogP contribution in [0.15, 0.2) is 0 Å². The Balaban J connectivity index is -0.000000138. The molecule has 0 aliphatic rings. The van der Waals surface area contributed by atoms with E-state index in [2.05, 4.69) is 13.8 Å². The van der Waals surface area contributed by atoms with Gasteiger partial charge in [0.15, 0.2) is 0 Å². The van der Waals surface area contributed by atoms with Crippen molar-refractivity contribution in [2.75, 3.05) is 6.54 Å². The summed E-state index contributed by atoms with van der Waals surface area (Å²) >= 11 is 0. The highest BCUT2D eigenvalue weighted by molar-refractivity contribution is 4.44. The first-order valence-corrected chi connectivity index (χ1v) is 4.97. The zero-order valence-corrected chi connectivity index (χ0v) is 9.28. The average Bonchev–Trinajstić information content (AvgIpc) is 2.08. The zero-order chi connectivity index (χ0) is 9.70. The molecule has 0 rings (SSSR count). The predicted molar refractivity (Wildman–Crippen MR) is 55.8 cm³/mol. The minimum atomic E-state index is 0.823. The Morgan fingerprint density at radius 1 is 1.00 bits per heavy atom. The largest absolute Gasteiger partial charge is 0.330 e. The van der Waals surface area contributed by atoms with Gasteiger partial charge in [-0.3, -0.25) is 0 Å². The average molecular weight is 161 g/mol. The Kier molecular flexibility index (Phi) is 35.1. The molecule has 0 radical (unpaired) electrons. The van der Waals surface area contributed by atoms with E-state index < -0.39 is 0 Å². The molecule has 0 aromatic rings. The molecule has 2 N–H and O–H groups in total. The van der Waals surface area contributed by atoms with Crippen molar-refractivity contribution >= 4 is 0 Å². The molecule has 0 atom stereocenters. The molecule has 1 nitrogen and oxygen atoms in total. The van der Waals surface area contributed by atoms with Crippen LogP contribution in [0.25, 0.3) is 0 Å². The maximum atomic E-state index is 5.28. The van der Waals surface area contributed by atoms with Gasteiger partial charge in [0.05, 0.1) is 0 Å². The molecule has 0 spiro atoms. The molecule has 0 fully saturated rings. The molecule has 11 heavy (non-hydrogen) atoms. The molecule has 0 amide bonds. The van der Waals surface area contributed by atoms with Crippen molar-refractivity contribution in [2.45, 2.75) is 54.4 Å². The summed E-state index contributed by atoms with van der Waals surface area (Å²) in [5, 5.41) is 0. The minimum Gasteiger partial charge on any atom is -0.330 e. The van der Waals surface area contributed by atoms with E-state index in [0.29, 0.717) is 0 Å². The van der Waals surface area contributed by atoms with Crippen LogP contribution >= 0.6 is 0 Å². The van der Waals surface area contributed by atoms with Crippen molar-refractivity contribution in [3.8, 4) is 0 Å². The maximum Gasteiger partial charge on any atom is -0.00772 e. The van der Waals surface area contributed by atoms with Gasteiger partial charge in [-0.15, -0.1) is 0 Å². The Hall–Kier alpha value is -0.0400. The lowest BCUT2D eigenvalue weighted by atomic mass is 10.1. The summed E-state index contributed by atoms with van der Waals surface area (Å²) < 4.78 is 0. The zero-order valence-electron chi connectivity index (χ0n) is 9.28. The number of hydrogen-bond acceptors (Lipinski definition) is 1. The van der Waals surface area contributed by atoms with E-state index in [-0.39, 0.29) is 0 Å². The fourth-order valence-corrected chi connectivity index (χ4v) is 0.526. The van der Waals surface area contributed by atoms with Crippen molar-refractivity contribution in [1.29, 1.82) is 0 Å². The summed E-state index contributed by atoms with van der Waals surface area (Å²) in [6.07, 6.45) is 2.45. The molecule has 0 aromatic heterocycles. The molecule has 0 aromatic carbocycles. The molecule has 0 bridgehead atoms. The summed E-state index contributed by atoms with van der Waals surface area (Å²) in [6, 6.07) is 0. The van der Waals surface area contributed by atoms with Crippen molar-refractivity contribution < 1.29 is 0 Å². The second-order valence-electron chi connectivity index (χ2n) is 2.32. The van der Waals surface area contributed by atoms with Gasteiger partial charge in [0.2, 0.25) is 0 Å². The third-order valence-corrected chi connectivity index (χ3v) is 0.986. The van der Waals surface area contributed by atoms with E-state index >= 15 is 0 Å². The van der Waals surface area contributed by atoms with Crippen LogP contribution in [0.2, 0.25) is 0 Å². The SMILES string of the molecule is CC.CC.CC(C)CCCN. The predicted octanol–water partition coefficient (Wildman–Crippen LogP) is 3.43. The van der Waals surface area contributed by atoms with E-state index in [1.807, 2.05) is 27.7 Å². The minimum absolute atomic E-state index is 0.823. The normalized spacial score (nSPS) is 7.64. The third-order valence-electron chi connectivity index (χ3n) is 0.986. The van der Waals surface area contributed by atoms with Gasteiger partial charge in [-0.1, -0.05) is 41.5 Å². The summed E-state index contributed by atoms with van der Waals surface area (Å²) in [6.45, 7) is 13.3. The first-order chi connectivity index (χ1) is 5.27. The molecule has 0 saturated carbocycles. The van der Waals surface area contributed by atoms with Gasteiger partial charge < -0.3 is 5.73 Å². The molecule has 1 heteroatoms. The molecular weight excluding hydrogens is 134 g/mol. The smallest absolute Gasteiger partial charge is 0.00772 e. The fraction of sp³-hybridized carbons (Fsp3) is 1.00. The first kappa shape index (κ1) is 17.2. The van der Waals surface area contributed by atoms with E-state index in [0.717, 1.165) is 12.5 Å². The van der Waals surface area contributed by atoms with Gasteiger partial charge in [-0.25, -0.2) is 0 Å². The number of nitrogens with two attached hydrogens (primary N) is 1. The Bertz CT molecular complexity index is 33.9. The number of hydrogen-bond donors (Lipinski definition) is 1. The lowest BCUT2D eigenvalue weighted by Crippen LogP contribution is -1.99. The van der Waals surface area contributed by atoms with Gasteiger partial charge >= 0.3 is 0 Å². The first-order valence-electron chi connectivity index (χ1n) is 4.97. The van der Waals surface area contributed by atoms with Gasteiger partial charge in [0.25, 0.3) is 0 Å². The van der Waals surface area contributed by atoms with Crippen LogP contribution in [0, 0.1) is 5.92 Å². The topological polar surface area (TPSA) is 26.0 Å². The summed E-state index contributed by atoms with van der Waals surface area (Å²) in [5.74, 6) is 0.823. The summed E-state index contributed by atoms with van der Waals surface area (Å²) in [5.41, 5.74) is 5.28. The van der Waals surface area contributed by atoms with Crippen molar-refractivity contribution in [3.05, 3.63) is 0 Å². The number of rotatable bonds is 3. The molecule has 0 aliphatic heterocycles. The Morgan fingerprint density at radius 3 is 1.45 bits per heavy atom. The fourth-order valence-electron chi connectivity index (χ4n) is 0.526. The van der Waals surface area contributed by atoms with Crippen LogP contribution in [0.4, 0.5) is 0 Å². The highest BCUT2D eigenvalue weighted by Crippen LogP contribution is 2.00. The van der Waals surface area contributed by atoms with Crippen LogP contribution < -0.4 is 5.73 Å². The maximum absolute atomic E-state index is 5.28. The van der Waals surface area contributed by atoms with Crippen LogP contribution in [-0.2, 0) is 0 Å². The molecule has 0 saturated heterocycles. The van der Waals surface area contributed by atoms with Crippen LogP contribution in [0.5, 0.6) is 0 Å². The molecule has 72 valence electrons. The second-order valence-corrected chi connectivity index (χ2v) is 2.32. The van der Waals surface area contributed by atoms with Gasteiger partial charge in [-0.2, -0.15) is 0 Å². The highest BCUT2D eigenvalue weighted by Gasteiger charge is 1.88. The summed E-state index contributed by atoms with van der Waals surface area (Å²) in [7, 11) is 0. The van der Waals surface area contributed by atoms with Gasteiger partial charge in [-0.05, 0) is 25.3 Å². The summed E-state index contributed by atoms with van der Waals surface area (Å²) in [4.78, 5) is 0. The molecule has 0 heterocycles. The van der Waals surface area contributed by atoms with Gasteiger partial charge in [0, 0.05) is 0 Å². The molecule has 0 aliphatic carbocycles. The van der Waals surface area contributed by atoms with Crippen LogP contribution in [0.1, 0.15) is 54.4 Å².